The quantitative estimate of drug-likeness (QED) is 0.353. The summed E-state index contributed by atoms with van der Waals surface area (Å²) in [7, 11) is 0. The van der Waals surface area contributed by atoms with Gasteiger partial charge in [0, 0.05) is 0 Å². The van der Waals surface area contributed by atoms with Crippen molar-refractivity contribution in [2.45, 2.75) is 0 Å². The van der Waals surface area contributed by atoms with E-state index in [0.717, 1.165) is 5.01 Å². The van der Waals surface area contributed by atoms with Crippen molar-refractivity contribution in [3.63, 3.8) is 0 Å². The van der Waals surface area contributed by atoms with E-state index in [2.05, 4.69) is 0 Å². The Hall–Kier alpha value is -1.30. The van der Waals surface area contributed by atoms with Crippen LogP contribution in [0.2, 0.25) is 5.02 Å². The maximum Gasteiger partial charge on any atom is 0.350 e. The maximum absolute atomic E-state index is 11.0. The first-order valence-electron chi connectivity index (χ1n) is 3.46. The van der Waals surface area contributed by atoms with Gasteiger partial charge in [-0.15, -0.1) is 0 Å². The van der Waals surface area contributed by atoms with Crippen LogP contribution in [0.25, 0.3) is 0 Å². The molecule has 0 bridgehead atoms. The molecular formula is C7H9ClN4O. The van der Waals surface area contributed by atoms with Crippen LogP contribution in [0.15, 0.2) is 24.3 Å². The number of nitrogens with one attached hydrogen (secondary N) is 1. The topological polar surface area (TPSA) is 84.4 Å². The molecule has 0 aliphatic rings. The highest BCUT2D eigenvalue weighted by atomic mass is 35.5. The fraction of sp³-hybridized carbons (Fsp3) is 0. The Morgan fingerprint density at radius 1 is 1.46 bits per heavy atom. The second kappa shape index (κ2) is 4.08. The minimum Gasteiger partial charge on any atom is -0.274 e. The second-order valence-corrected chi connectivity index (χ2v) is 2.68. The number of urea groups is 1. The number of nitrogens with two attached hydrogens (primary N) is 2. The molecule has 5 N–H and O–H groups in total. The summed E-state index contributed by atoms with van der Waals surface area (Å²) < 4.78 is 0. The predicted octanol–water partition coefficient (Wildman–Crippen LogP) is 0.603. The van der Waals surface area contributed by atoms with E-state index in [9.17, 15) is 4.79 Å². The molecule has 0 saturated heterocycles. The van der Waals surface area contributed by atoms with Crippen LogP contribution in [0.1, 0.15) is 0 Å². The van der Waals surface area contributed by atoms with Gasteiger partial charge in [0.05, 0.1) is 10.7 Å². The smallest absolute Gasteiger partial charge is 0.274 e. The summed E-state index contributed by atoms with van der Waals surface area (Å²) in [5.74, 6) is 10.3. The van der Waals surface area contributed by atoms with Crippen LogP contribution in [0.3, 0.4) is 0 Å². The van der Waals surface area contributed by atoms with E-state index in [0.29, 0.717) is 10.7 Å². The lowest BCUT2D eigenvalue weighted by molar-refractivity contribution is 0.246. The zero-order valence-corrected chi connectivity index (χ0v) is 7.45. The molecule has 5 nitrogen and oxygen atoms in total. The number of nitrogens with zero attached hydrogens (tertiary/aromatic N) is 1. The monoisotopic (exact) mass is 200 g/mol. The Morgan fingerprint density at radius 2 is 2.08 bits per heavy atom. The molecular weight excluding hydrogens is 192 g/mol. The fourth-order valence-electron chi connectivity index (χ4n) is 0.826. The van der Waals surface area contributed by atoms with Crippen LogP contribution in [0, 0.1) is 0 Å². The van der Waals surface area contributed by atoms with Crippen LogP contribution in [0.5, 0.6) is 0 Å². The number of hydrogen-bond donors (Lipinski definition) is 3. The van der Waals surface area contributed by atoms with E-state index in [1.54, 1.807) is 24.3 Å². The molecule has 0 fully saturated rings. The first-order chi connectivity index (χ1) is 6.16. The van der Waals surface area contributed by atoms with Gasteiger partial charge < -0.3 is 0 Å². The number of halogens is 1. The Balaban J connectivity index is 2.95. The number of carbonyl (C=O) groups is 1. The first kappa shape index (κ1) is 9.79. The standard InChI is InChI=1S/C7H9ClN4O/c8-5-3-1-2-4-6(5)12(10)7(13)11-9/h1-4H,9-10H2,(H,11,13). The number of benzene rings is 1. The average Bonchev–Trinajstić information content (AvgIpc) is 2.16. The molecule has 1 aromatic rings. The van der Waals surface area contributed by atoms with Crippen molar-refractivity contribution in [3.8, 4) is 0 Å². The van der Waals surface area contributed by atoms with E-state index in [4.69, 9.17) is 23.3 Å². The van der Waals surface area contributed by atoms with Gasteiger partial charge in [-0.1, -0.05) is 23.7 Å². The van der Waals surface area contributed by atoms with Crippen molar-refractivity contribution in [2.75, 3.05) is 5.01 Å². The van der Waals surface area contributed by atoms with Crippen molar-refractivity contribution in [1.82, 2.24) is 5.43 Å². The van der Waals surface area contributed by atoms with Crippen molar-refractivity contribution in [1.29, 1.82) is 0 Å². The van der Waals surface area contributed by atoms with Gasteiger partial charge in [-0.2, -0.15) is 0 Å². The van der Waals surface area contributed by atoms with Crippen molar-refractivity contribution < 1.29 is 4.79 Å². The number of anilines is 1. The Bertz CT molecular complexity index is 317. The van der Waals surface area contributed by atoms with E-state index < -0.39 is 6.03 Å². The molecule has 0 aromatic heterocycles. The zero-order chi connectivity index (χ0) is 9.84. The number of hydrazine groups is 2. The predicted molar refractivity (Wildman–Crippen MR) is 50.8 cm³/mol. The van der Waals surface area contributed by atoms with Gasteiger partial charge in [0.1, 0.15) is 0 Å². The Morgan fingerprint density at radius 3 is 2.62 bits per heavy atom. The van der Waals surface area contributed by atoms with Crippen LogP contribution >= 0.6 is 11.6 Å². The van der Waals surface area contributed by atoms with Crippen LogP contribution < -0.4 is 22.1 Å². The second-order valence-electron chi connectivity index (χ2n) is 2.27. The minimum absolute atomic E-state index is 0.383. The number of para-hydroxylation sites is 1. The largest absolute Gasteiger partial charge is 0.350 e. The van der Waals surface area contributed by atoms with Crippen molar-refractivity contribution in [3.05, 3.63) is 29.3 Å². The van der Waals surface area contributed by atoms with Crippen LogP contribution in [-0.2, 0) is 0 Å². The molecule has 1 rings (SSSR count). The maximum atomic E-state index is 11.0. The third-order valence-corrected chi connectivity index (χ3v) is 1.77. The van der Waals surface area contributed by atoms with E-state index >= 15 is 0 Å². The molecule has 0 unspecified atom stereocenters. The lowest BCUT2D eigenvalue weighted by atomic mass is 10.3. The zero-order valence-electron chi connectivity index (χ0n) is 6.70. The lowest BCUT2D eigenvalue weighted by Gasteiger charge is -2.16. The normalized spacial score (nSPS) is 9.46. The third-order valence-electron chi connectivity index (χ3n) is 1.45. The highest BCUT2D eigenvalue weighted by Gasteiger charge is 2.11. The highest BCUT2D eigenvalue weighted by molar-refractivity contribution is 6.33. The van der Waals surface area contributed by atoms with E-state index in [-0.39, 0.29) is 0 Å². The van der Waals surface area contributed by atoms with Gasteiger partial charge in [0.15, 0.2) is 0 Å². The molecule has 0 aliphatic heterocycles. The summed E-state index contributed by atoms with van der Waals surface area (Å²) in [5.41, 5.74) is 2.29. The SMILES string of the molecule is NNC(=O)N(N)c1ccccc1Cl. The van der Waals surface area contributed by atoms with Crippen molar-refractivity contribution >= 4 is 23.3 Å². The minimum atomic E-state index is -0.631. The molecule has 70 valence electrons. The van der Waals surface area contributed by atoms with Gasteiger partial charge in [0.2, 0.25) is 0 Å². The molecule has 0 atom stereocenters. The van der Waals surface area contributed by atoms with E-state index in [1.807, 2.05) is 5.43 Å². The average molecular weight is 201 g/mol. The number of carbonyl (C=O) groups excluding carboxylic acids is 1. The molecule has 1 aromatic carbocycles. The van der Waals surface area contributed by atoms with Gasteiger partial charge in [0.25, 0.3) is 0 Å². The van der Waals surface area contributed by atoms with Gasteiger partial charge in [-0.05, 0) is 12.1 Å². The highest BCUT2D eigenvalue weighted by Crippen LogP contribution is 2.22. The van der Waals surface area contributed by atoms with Crippen LogP contribution in [0.4, 0.5) is 10.5 Å². The molecule has 2 amide bonds. The van der Waals surface area contributed by atoms with Crippen molar-refractivity contribution in [2.24, 2.45) is 11.7 Å². The number of rotatable bonds is 1. The fourth-order valence-corrected chi connectivity index (χ4v) is 1.05. The van der Waals surface area contributed by atoms with Gasteiger partial charge >= 0.3 is 6.03 Å². The molecule has 0 radical (unpaired) electrons. The summed E-state index contributed by atoms with van der Waals surface area (Å²) in [6, 6.07) is 6.05. The Labute approximate surface area is 80.2 Å². The summed E-state index contributed by atoms with van der Waals surface area (Å²) in [5, 5.41) is 1.22. The summed E-state index contributed by atoms with van der Waals surface area (Å²) >= 11 is 5.78. The third kappa shape index (κ3) is 2.09. The van der Waals surface area contributed by atoms with E-state index in [1.165, 1.54) is 0 Å². The van der Waals surface area contributed by atoms with Gasteiger partial charge in [-0.25, -0.2) is 21.5 Å². The molecule has 6 heteroatoms. The molecule has 0 aliphatic carbocycles. The lowest BCUT2D eigenvalue weighted by Crippen LogP contribution is -2.47. The molecule has 0 saturated carbocycles. The number of hydrogen-bond acceptors (Lipinski definition) is 3. The molecule has 13 heavy (non-hydrogen) atoms. The summed E-state index contributed by atoms with van der Waals surface area (Å²) in [6.45, 7) is 0. The van der Waals surface area contributed by atoms with Gasteiger partial charge in [-0.3, -0.25) is 5.43 Å². The first-order valence-corrected chi connectivity index (χ1v) is 3.84. The van der Waals surface area contributed by atoms with Crippen LogP contribution in [-0.4, -0.2) is 6.03 Å². The molecule has 0 heterocycles. The number of amides is 2. The molecule has 0 spiro atoms. The summed E-state index contributed by atoms with van der Waals surface area (Å²) in [6.07, 6.45) is 0. The Kier molecular flexibility index (Phi) is 3.07. The summed E-state index contributed by atoms with van der Waals surface area (Å²) in [4.78, 5) is 11.0.